The van der Waals surface area contributed by atoms with Gasteiger partial charge in [-0.1, -0.05) is 18.2 Å². The zero-order valence-corrected chi connectivity index (χ0v) is 18.8. The molecule has 1 atom stereocenters. The van der Waals surface area contributed by atoms with E-state index >= 15 is 0 Å². The number of allylic oxidation sites excluding steroid dienone is 1. The summed E-state index contributed by atoms with van der Waals surface area (Å²) in [7, 11) is 3.53. The molecule has 8 heteroatoms. The van der Waals surface area contributed by atoms with Crippen LogP contribution in [0.5, 0.6) is 0 Å². The minimum absolute atomic E-state index is 0.00647. The maximum Gasteiger partial charge on any atom is 0.337 e. The molecule has 0 saturated carbocycles. The Bertz CT molecular complexity index is 1180. The van der Waals surface area contributed by atoms with E-state index in [2.05, 4.69) is 0 Å². The van der Waals surface area contributed by atoms with Crippen LogP contribution >= 0.6 is 0 Å². The largest absolute Gasteiger partial charge is 0.465 e. The number of nitrogens with two attached hydrogens (primary N) is 1. The average molecular weight is 444 g/mol. The molecule has 0 aliphatic carbocycles. The van der Waals surface area contributed by atoms with E-state index in [4.69, 9.17) is 10.5 Å². The second-order valence-electron chi connectivity index (χ2n) is 7.25. The van der Waals surface area contributed by atoms with Crippen molar-refractivity contribution in [3.8, 4) is 11.1 Å². The molecule has 1 unspecified atom stereocenters. The molecule has 2 N–H and O–H groups in total. The summed E-state index contributed by atoms with van der Waals surface area (Å²) in [4.78, 5) is 12.7. The van der Waals surface area contributed by atoms with Crippen molar-refractivity contribution in [2.75, 3.05) is 27.7 Å². The average Bonchev–Trinajstić information content (AvgIpc) is 3.03. The first-order chi connectivity index (χ1) is 14.8. The van der Waals surface area contributed by atoms with Crippen LogP contribution in [0, 0.1) is 6.92 Å². The van der Waals surface area contributed by atoms with Gasteiger partial charge in [-0.05, 0) is 56.9 Å². The van der Waals surface area contributed by atoms with Crippen LogP contribution in [0.1, 0.15) is 16.1 Å². The van der Waals surface area contributed by atoms with Crippen LogP contribution in [0.4, 0.5) is 4.39 Å². The van der Waals surface area contributed by atoms with Crippen molar-refractivity contribution >= 4 is 27.9 Å². The first-order valence-corrected chi connectivity index (χ1v) is 10.8. The number of carbonyl (C=O) groups is 1. The highest BCUT2D eigenvalue weighted by atomic mass is 32.2. The molecular weight excluding hydrogens is 417 g/mol. The smallest absolute Gasteiger partial charge is 0.337 e. The van der Waals surface area contributed by atoms with Gasteiger partial charge < -0.3 is 15.0 Å². The number of esters is 1. The topological polar surface area (TPSA) is 77.6 Å². The number of halogens is 1. The number of benzene rings is 2. The third-order valence-corrected chi connectivity index (χ3v) is 6.37. The van der Waals surface area contributed by atoms with E-state index in [1.54, 1.807) is 30.5 Å². The minimum atomic E-state index is -1.29. The Hall–Kier alpha value is -2.81. The van der Waals surface area contributed by atoms with Crippen molar-refractivity contribution in [3.63, 3.8) is 0 Å². The monoisotopic (exact) mass is 443 g/mol. The van der Waals surface area contributed by atoms with Crippen molar-refractivity contribution in [2.45, 2.75) is 18.4 Å². The summed E-state index contributed by atoms with van der Waals surface area (Å²) in [6.45, 7) is 1.99. The van der Waals surface area contributed by atoms with Gasteiger partial charge in [-0.2, -0.15) is 0 Å². The lowest BCUT2D eigenvalue weighted by Crippen LogP contribution is -2.15. The van der Waals surface area contributed by atoms with Crippen LogP contribution in [0.2, 0.25) is 0 Å². The molecule has 6 nitrogen and oxygen atoms in total. The van der Waals surface area contributed by atoms with Gasteiger partial charge in [0.05, 0.1) is 29.6 Å². The minimum Gasteiger partial charge on any atom is -0.465 e. The first kappa shape index (κ1) is 22.9. The van der Waals surface area contributed by atoms with Gasteiger partial charge in [0.15, 0.2) is 0 Å². The molecule has 1 heterocycles. The third-order valence-electron chi connectivity index (χ3n) is 5.05. The lowest BCUT2D eigenvalue weighted by Gasteiger charge is -2.11. The molecule has 164 valence electrons. The van der Waals surface area contributed by atoms with Crippen molar-refractivity contribution in [1.82, 2.24) is 8.87 Å². The van der Waals surface area contributed by atoms with Gasteiger partial charge in [0.2, 0.25) is 0 Å². The van der Waals surface area contributed by atoms with E-state index in [0.29, 0.717) is 16.0 Å². The number of aromatic nitrogens is 1. The number of ether oxygens (including phenoxy) is 1. The molecule has 3 rings (SSSR count). The molecule has 2 aromatic carbocycles. The molecule has 1 aromatic heterocycles. The predicted octanol–water partition coefficient (Wildman–Crippen LogP) is 3.80. The van der Waals surface area contributed by atoms with Gasteiger partial charge >= 0.3 is 5.97 Å². The molecule has 0 aliphatic heterocycles. The maximum absolute atomic E-state index is 14.4. The summed E-state index contributed by atoms with van der Waals surface area (Å²) in [5, 5.41) is 0.860. The molecule has 0 saturated heterocycles. The SMILES string of the molecule is COC(=O)c1ccc2c(-c3cccc(S(=O)N(C)C)c3)c(C)n(C/C(F)=C/CN)c2c1. The van der Waals surface area contributed by atoms with E-state index in [9.17, 15) is 13.4 Å². The summed E-state index contributed by atoms with van der Waals surface area (Å²) in [6.07, 6.45) is 1.33. The van der Waals surface area contributed by atoms with E-state index in [1.807, 2.05) is 41.8 Å². The van der Waals surface area contributed by atoms with Crippen LogP contribution in [-0.4, -0.2) is 46.8 Å². The molecule has 0 bridgehead atoms. The molecule has 0 amide bonds. The third kappa shape index (κ3) is 4.61. The van der Waals surface area contributed by atoms with E-state index in [0.717, 1.165) is 22.2 Å². The summed E-state index contributed by atoms with van der Waals surface area (Å²) < 4.78 is 35.3. The van der Waals surface area contributed by atoms with Crippen LogP contribution in [0.25, 0.3) is 22.0 Å². The Kier molecular flexibility index (Phi) is 7.04. The van der Waals surface area contributed by atoms with E-state index < -0.39 is 17.0 Å². The zero-order valence-electron chi connectivity index (χ0n) is 18.0. The van der Waals surface area contributed by atoms with Crippen LogP contribution < -0.4 is 5.73 Å². The molecule has 0 fully saturated rings. The Balaban J connectivity index is 2.26. The fraction of sp³-hybridized carbons (Fsp3) is 0.261. The number of rotatable bonds is 7. The van der Waals surface area contributed by atoms with Crippen molar-refractivity contribution < 1.29 is 18.1 Å². The van der Waals surface area contributed by atoms with Crippen molar-refractivity contribution in [2.24, 2.45) is 5.73 Å². The Morgan fingerprint density at radius 3 is 2.65 bits per heavy atom. The number of methoxy groups -OCH3 is 1. The fourth-order valence-corrected chi connectivity index (χ4v) is 4.45. The van der Waals surface area contributed by atoms with Crippen LogP contribution in [0.15, 0.2) is 59.3 Å². The van der Waals surface area contributed by atoms with Crippen molar-refractivity contribution in [1.29, 1.82) is 0 Å². The Morgan fingerprint density at radius 1 is 1.26 bits per heavy atom. The number of fused-ring (bicyclic) bond motifs is 1. The standard InChI is InChI=1S/C23H26FN3O3S/c1-15-22(16-6-5-7-19(12-16)31(29)26(2)3)20-9-8-17(23(28)30-4)13-21(20)27(15)14-18(24)10-11-25/h5-10,12-13H,11,14,25H2,1-4H3/b18-10-. The number of hydrogen-bond acceptors (Lipinski definition) is 4. The molecule has 0 aliphatic rings. The van der Waals surface area contributed by atoms with Gasteiger partial charge in [0.1, 0.15) is 16.8 Å². The second-order valence-corrected chi connectivity index (χ2v) is 8.95. The highest BCUT2D eigenvalue weighted by Crippen LogP contribution is 2.36. The van der Waals surface area contributed by atoms with E-state index in [-0.39, 0.29) is 18.9 Å². The van der Waals surface area contributed by atoms with Crippen molar-refractivity contribution in [3.05, 3.63) is 65.6 Å². The van der Waals surface area contributed by atoms with Crippen LogP contribution in [-0.2, 0) is 22.3 Å². The van der Waals surface area contributed by atoms with Crippen LogP contribution in [0.3, 0.4) is 0 Å². The predicted molar refractivity (Wildman–Crippen MR) is 122 cm³/mol. The molecule has 0 radical (unpaired) electrons. The number of carbonyl (C=O) groups excluding carboxylic acids is 1. The highest BCUT2D eigenvalue weighted by Gasteiger charge is 2.19. The zero-order chi connectivity index (χ0) is 22.7. The summed E-state index contributed by atoms with van der Waals surface area (Å²) >= 11 is 0. The van der Waals surface area contributed by atoms with Gasteiger partial charge in [-0.3, -0.25) is 0 Å². The summed E-state index contributed by atoms with van der Waals surface area (Å²) in [5.74, 6) is -0.824. The van der Waals surface area contributed by atoms with Gasteiger partial charge in [0, 0.05) is 23.2 Å². The second kappa shape index (κ2) is 9.55. The lowest BCUT2D eigenvalue weighted by atomic mass is 10.0. The van der Waals surface area contributed by atoms with Gasteiger partial charge in [-0.25, -0.2) is 17.7 Å². The first-order valence-electron chi connectivity index (χ1n) is 9.73. The van der Waals surface area contributed by atoms with Gasteiger partial charge in [-0.15, -0.1) is 0 Å². The Labute approximate surface area is 183 Å². The maximum atomic E-state index is 14.4. The fourth-order valence-electron chi connectivity index (χ4n) is 3.60. The summed E-state index contributed by atoms with van der Waals surface area (Å²) in [5.41, 5.74) is 9.13. The quantitative estimate of drug-likeness (QED) is 0.564. The number of nitrogens with zero attached hydrogens (tertiary/aromatic N) is 2. The normalized spacial score (nSPS) is 13.1. The van der Waals surface area contributed by atoms with Gasteiger partial charge in [0.25, 0.3) is 0 Å². The van der Waals surface area contributed by atoms with E-state index in [1.165, 1.54) is 13.2 Å². The Morgan fingerprint density at radius 2 is 2.00 bits per heavy atom. The summed E-state index contributed by atoms with van der Waals surface area (Å²) in [6, 6.07) is 12.7. The molecule has 0 spiro atoms. The lowest BCUT2D eigenvalue weighted by molar-refractivity contribution is 0.0601. The number of hydrogen-bond donors (Lipinski definition) is 1. The molecular formula is C23H26FN3O3S. The molecule has 3 aromatic rings. The molecule has 31 heavy (non-hydrogen) atoms. The highest BCUT2D eigenvalue weighted by molar-refractivity contribution is 7.82.